The Labute approximate surface area is 481 Å². The van der Waals surface area contributed by atoms with Crippen molar-refractivity contribution in [3.8, 4) is 0 Å². The highest BCUT2D eigenvalue weighted by atomic mass is 16.7. The van der Waals surface area contributed by atoms with Crippen LogP contribution >= 0.6 is 0 Å². The molecule has 15 nitrogen and oxygen atoms in total. The number of carbonyl (C=O) groups is 4. The minimum Gasteiger partial charge on any atom is -0.452 e. The third kappa shape index (κ3) is 15.3. The first-order valence-corrected chi connectivity index (χ1v) is 27.4. The highest BCUT2D eigenvalue weighted by molar-refractivity contribution is 5.92. The first-order valence-electron chi connectivity index (χ1n) is 27.4. The number of carbonyl (C=O) groups excluding carboxylic acids is 4. The number of ether oxygens (including phenoxy) is 10. The van der Waals surface area contributed by atoms with Crippen molar-refractivity contribution < 1.29 is 71.7 Å². The van der Waals surface area contributed by atoms with Gasteiger partial charge in [-0.25, -0.2) is 19.2 Å². The van der Waals surface area contributed by atoms with Crippen molar-refractivity contribution in [1.29, 1.82) is 0 Å². The van der Waals surface area contributed by atoms with E-state index in [2.05, 4.69) is 0 Å². The predicted molar refractivity (Wildman–Crippen MR) is 303 cm³/mol. The molecule has 2 fully saturated rings. The molecule has 0 bridgehead atoms. The summed E-state index contributed by atoms with van der Waals surface area (Å²) < 4.78 is 66.9. The number of hydrogen-bond donors (Lipinski definition) is 1. The summed E-state index contributed by atoms with van der Waals surface area (Å²) in [6, 6.07) is 70.0. The summed E-state index contributed by atoms with van der Waals surface area (Å²) in [5, 5.41) is 13.2. The second-order valence-corrected chi connectivity index (χ2v) is 19.9. The van der Waals surface area contributed by atoms with Crippen molar-refractivity contribution in [3.63, 3.8) is 0 Å². The van der Waals surface area contributed by atoms with Crippen LogP contribution in [0.3, 0.4) is 0 Å². The van der Waals surface area contributed by atoms with E-state index in [1.807, 2.05) is 121 Å². The van der Waals surface area contributed by atoms with Gasteiger partial charge in [0.1, 0.15) is 36.6 Å². The van der Waals surface area contributed by atoms with E-state index < -0.39 is 91.2 Å². The Morgan fingerprint density at radius 1 is 0.325 bits per heavy atom. The number of benzene rings is 8. The maximum absolute atomic E-state index is 14.7. The topological polar surface area (TPSA) is 181 Å². The molecule has 1 N–H and O–H groups in total. The molecule has 1 aliphatic carbocycles. The lowest BCUT2D eigenvalue weighted by molar-refractivity contribution is -0.355. The van der Waals surface area contributed by atoms with E-state index in [0.717, 1.165) is 22.3 Å². The quantitative estimate of drug-likeness (QED) is 0.0472. The highest BCUT2D eigenvalue weighted by Gasteiger charge is 2.61. The molecule has 11 atom stereocenters. The van der Waals surface area contributed by atoms with E-state index in [-0.39, 0.29) is 55.3 Å². The molecule has 1 heterocycles. The largest absolute Gasteiger partial charge is 0.452 e. The second-order valence-electron chi connectivity index (χ2n) is 19.9. The molecule has 15 heteroatoms. The van der Waals surface area contributed by atoms with Crippen molar-refractivity contribution in [2.75, 3.05) is 6.61 Å². The zero-order valence-electron chi connectivity index (χ0n) is 45.1. The van der Waals surface area contributed by atoms with Crippen LogP contribution in [0, 0.1) is 0 Å². The van der Waals surface area contributed by atoms with Gasteiger partial charge in [0, 0.05) is 0 Å². The van der Waals surface area contributed by atoms with Crippen LogP contribution in [-0.2, 0) is 73.8 Å². The molecule has 83 heavy (non-hydrogen) atoms. The molecule has 0 amide bonds. The van der Waals surface area contributed by atoms with Gasteiger partial charge in [0.25, 0.3) is 0 Å². The zero-order valence-corrected chi connectivity index (χ0v) is 45.1. The van der Waals surface area contributed by atoms with Crippen molar-refractivity contribution in [1.82, 2.24) is 0 Å². The Morgan fingerprint density at radius 2 is 0.614 bits per heavy atom. The van der Waals surface area contributed by atoms with E-state index in [1.165, 1.54) is 48.5 Å². The Morgan fingerprint density at radius 3 is 0.988 bits per heavy atom. The molecule has 424 valence electrons. The molecule has 0 aromatic heterocycles. The van der Waals surface area contributed by atoms with E-state index >= 15 is 0 Å². The summed E-state index contributed by atoms with van der Waals surface area (Å²) in [6.45, 7) is 0.283. The average Bonchev–Trinajstić information content (AvgIpc) is 3.56. The van der Waals surface area contributed by atoms with Gasteiger partial charge in [-0.15, -0.1) is 0 Å². The standard InChI is InChI=1S/C68H62O15/c69-55-57(79-64(70)50-33-17-5-18-34-50)60(80-65(71)51-35-19-6-20-36-51)62(82-67(73)53-39-23-8-24-40-53)61(81-66(72)52-37-21-7-22-38-52)58(55)83-68-63(77-44-49-31-15-4-16-32-49)59(76-43-48-29-13-3-14-30-48)56(75-42-47-27-11-2-12-28-47)54(78-68)45-74-41-46-25-9-1-10-26-46/h1-40,54-63,68-69H,41-45H2/t54-,55-,56+,57+,58+,59+,60-,61-,62-,63-,68-/m1/s1. The lowest BCUT2D eigenvalue weighted by atomic mass is 9.83. The van der Waals surface area contributed by atoms with Gasteiger partial charge in [0.15, 0.2) is 30.7 Å². The first kappa shape index (κ1) is 57.6. The molecular formula is C68H62O15. The van der Waals surface area contributed by atoms with E-state index in [4.69, 9.17) is 47.4 Å². The predicted octanol–water partition coefficient (Wildman–Crippen LogP) is 10.3. The van der Waals surface area contributed by atoms with Gasteiger partial charge < -0.3 is 52.5 Å². The van der Waals surface area contributed by atoms with Gasteiger partial charge in [-0.1, -0.05) is 194 Å². The normalized spacial score (nSPS) is 23.0. The fourth-order valence-electron chi connectivity index (χ4n) is 9.91. The van der Waals surface area contributed by atoms with Crippen molar-refractivity contribution in [3.05, 3.63) is 287 Å². The summed E-state index contributed by atoms with van der Waals surface area (Å²) in [6.07, 6.45) is -17.2. The highest BCUT2D eigenvalue weighted by Crippen LogP contribution is 2.39. The Kier molecular flexibility index (Phi) is 20.0. The number of rotatable bonds is 23. The fourth-order valence-corrected chi connectivity index (χ4v) is 9.91. The Hall–Kier alpha value is -8.64. The molecule has 1 saturated carbocycles. The van der Waals surface area contributed by atoms with E-state index in [9.17, 15) is 24.3 Å². The van der Waals surface area contributed by atoms with Gasteiger partial charge in [-0.3, -0.25) is 0 Å². The summed E-state index contributed by atoms with van der Waals surface area (Å²) in [5.74, 6) is -3.76. The smallest absolute Gasteiger partial charge is 0.338 e. The molecule has 0 unspecified atom stereocenters. The summed E-state index contributed by atoms with van der Waals surface area (Å²) in [5.41, 5.74) is 3.64. The fraction of sp³-hybridized carbons (Fsp3) is 0.235. The Bertz CT molecular complexity index is 3270. The van der Waals surface area contributed by atoms with Gasteiger partial charge in [-0.05, 0) is 70.8 Å². The minimum absolute atomic E-state index is 0.00766. The van der Waals surface area contributed by atoms with E-state index in [1.54, 1.807) is 72.8 Å². The van der Waals surface area contributed by atoms with Gasteiger partial charge in [0.05, 0.1) is 55.3 Å². The summed E-state index contributed by atoms with van der Waals surface area (Å²) >= 11 is 0. The number of aliphatic hydroxyl groups excluding tert-OH is 1. The average molecular weight is 1120 g/mol. The summed E-state index contributed by atoms with van der Waals surface area (Å²) in [4.78, 5) is 58.1. The lowest BCUT2D eigenvalue weighted by Crippen LogP contribution is -2.70. The first-order chi connectivity index (χ1) is 40.8. The van der Waals surface area contributed by atoms with Crippen LogP contribution in [0.4, 0.5) is 0 Å². The third-order valence-electron chi connectivity index (χ3n) is 14.1. The molecular weight excluding hydrogens is 1060 g/mol. The van der Waals surface area contributed by atoms with Gasteiger partial charge >= 0.3 is 23.9 Å². The van der Waals surface area contributed by atoms with Crippen LogP contribution in [0.15, 0.2) is 243 Å². The van der Waals surface area contributed by atoms with Crippen molar-refractivity contribution in [2.24, 2.45) is 0 Å². The third-order valence-corrected chi connectivity index (χ3v) is 14.1. The van der Waals surface area contributed by atoms with Crippen molar-refractivity contribution in [2.45, 2.75) is 93.8 Å². The van der Waals surface area contributed by atoms with Crippen molar-refractivity contribution >= 4 is 23.9 Å². The van der Waals surface area contributed by atoms with Crippen LogP contribution in [0.5, 0.6) is 0 Å². The number of esters is 4. The maximum atomic E-state index is 14.7. The molecule has 1 aliphatic heterocycles. The van der Waals surface area contributed by atoms with Gasteiger partial charge in [-0.2, -0.15) is 0 Å². The van der Waals surface area contributed by atoms with E-state index in [0.29, 0.717) is 0 Å². The molecule has 0 spiro atoms. The molecule has 0 radical (unpaired) electrons. The molecule has 8 aromatic rings. The maximum Gasteiger partial charge on any atom is 0.338 e. The monoisotopic (exact) mass is 1120 g/mol. The van der Waals surface area contributed by atoms with Crippen LogP contribution in [-0.4, -0.2) is 103 Å². The molecule has 10 rings (SSSR count). The lowest BCUT2D eigenvalue weighted by Gasteiger charge is -2.50. The molecule has 1 saturated heterocycles. The number of hydrogen-bond acceptors (Lipinski definition) is 15. The minimum atomic E-state index is -2.06. The zero-order chi connectivity index (χ0) is 57.2. The van der Waals surface area contributed by atoms with Crippen LogP contribution in [0.2, 0.25) is 0 Å². The summed E-state index contributed by atoms with van der Waals surface area (Å²) in [7, 11) is 0. The van der Waals surface area contributed by atoms with Crippen LogP contribution in [0.25, 0.3) is 0 Å². The Balaban J connectivity index is 1.11. The molecule has 2 aliphatic rings. The second kappa shape index (κ2) is 28.9. The van der Waals surface area contributed by atoms with Crippen LogP contribution in [0.1, 0.15) is 63.7 Å². The molecule has 8 aromatic carbocycles. The number of aliphatic hydroxyl groups is 1. The van der Waals surface area contributed by atoms with Crippen LogP contribution < -0.4 is 0 Å². The van der Waals surface area contributed by atoms with Gasteiger partial charge in [0.2, 0.25) is 0 Å². The SMILES string of the molecule is O=C(O[C@@H]1[C@H](OC(=O)c2ccccc2)[C@@H](OC(=O)c2ccccc2)[C@@H](O)[C@H](O[C@H]2O[C@H](COCc3ccccc3)[C@H](OCc3ccccc3)[C@H](OCc3ccccc3)[C@H]2OCc2ccccc2)[C@H]1OC(=O)c1ccccc1)c1ccccc1.